The maximum atomic E-state index is 5.64. The number of hydrogen-bond acceptors (Lipinski definition) is 5. The van der Waals surface area contributed by atoms with Gasteiger partial charge in [-0.25, -0.2) is 10.0 Å². The quantitative estimate of drug-likeness (QED) is 0.547. The van der Waals surface area contributed by atoms with E-state index in [2.05, 4.69) is 9.97 Å². The van der Waals surface area contributed by atoms with Crippen molar-refractivity contribution in [3.63, 3.8) is 0 Å². The Kier molecular flexibility index (Phi) is 2.67. The van der Waals surface area contributed by atoms with Crippen molar-refractivity contribution in [3.8, 4) is 0 Å². The molecule has 1 aromatic heterocycles. The van der Waals surface area contributed by atoms with Crippen molar-refractivity contribution in [3.05, 3.63) is 11.2 Å². The van der Waals surface area contributed by atoms with Crippen LogP contribution in [-0.2, 0) is 4.84 Å². The van der Waals surface area contributed by atoms with Crippen molar-refractivity contribution < 1.29 is 4.84 Å². The molecule has 0 aromatic carbocycles. The molecule has 1 rings (SSSR count). The van der Waals surface area contributed by atoms with E-state index in [0.717, 1.165) is 0 Å². The predicted molar refractivity (Wildman–Crippen MR) is 46.9 cm³/mol. The molecule has 0 saturated heterocycles. The molecule has 6 heteroatoms. The first-order valence-corrected chi connectivity index (χ1v) is 3.59. The molecule has 0 amide bonds. The zero-order chi connectivity index (χ0) is 9.14. The normalized spacial score (nSPS) is 9.92. The van der Waals surface area contributed by atoms with Gasteiger partial charge < -0.3 is 5.73 Å². The first-order chi connectivity index (χ1) is 5.63. The fourth-order valence-corrected chi connectivity index (χ4v) is 0.862. The molecule has 0 fully saturated rings. The van der Waals surface area contributed by atoms with Gasteiger partial charge in [-0.2, -0.15) is 4.98 Å². The van der Waals surface area contributed by atoms with E-state index in [1.807, 2.05) is 0 Å². The molecule has 0 aliphatic heterocycles. The van der Waals surface area contributed by atoms with Gasteiger partial charge in [0.1, 0.15) is 5.15 Å². The highest BCUT2D eigenvalue weighted by molar-refractivity contribution is 6.29. The molecular weight excluding hydrogens is 180 g/mol. The van der Waals surface area contributed by atoms with Gasteiger partial charge in [0.25, 0.3) is 0 Å². The van der Waals surface area contributed by atoms with Crippen LogP contribution in [0.1, 0.15) is 0 Å². The SMILES string of the molecule is CON(C)c1cc(Cl)nc(N)n1. The second-order valence-corrected chi connectivity index (χ2v) is 2.47. The first-order valence-electron chi connectivity index (χ1n) is 3.21. The van der Waals surface area contributed by atoms with Gasteiger partial charge in [-0.3, -0.25) is 4.84 Å². The van der Waals surface area contributed by atoms with Gasteiger partial charge in [-0.05, 0) is 0 Å². The lowest BCUT2D eigenvalue weighted by Gasteiger charge is -2.14. The van der Waals surface area contributed by atoms with E-state index in [4.69, 9.17) is 22.2 Å². The zero-order valence-electron chi connectivity index (χ0n) is 6.78. The van der Waals surface area contributed by atoms with Gasteiger partial charge in [0, 0.05) is 13.1 Å². The zero-order valence-corrected chi connectivity index (χ0v) is 7.54. The molecular formula is C6H9ClN4O. The molecule has 0 aliphatic rings. The summed E-state index contributed by atoms with van der Waals surface area (Å²) in [6, 6.07) is 1.56. The first kappa shape index (κ1) is 9.02. The smallest absolute Gasteiger partial charge is 0.223 e. The van der Waals surface area contributed by atoms with Crippen LogP contribution in [0.5, 0.6) is 0 Å². The highest BCUT2D eigenvalue weighted by Crippen LogP contribution is 2.15. The van der Waals surface area contributed by atoms with Gasteiger partial charge >= 0.3 is 0 Å². The van der Waals surface area contributed by atoms with Crippen LogP contribution in [0.2, 0.25) is 5.15 Å². The minimum atomic E-state index is 0.126. The summed E-state index contributed by atoms with van der Waals surface area (Å²) in [4.78, 5) is 12.5. The number of anilines is 2. The number of rotatable bonds is 2. The third-order valence-corrected chi connectivity index (χ3v) is 1.49. The van der Waals surface area contributed by atoms with E-state index < -0.39 is 0 Å². The van der Waals surface area contributed by atoms with E-state index in [1.54, 1.807) is 13.1 Å². The summed E-state index contributed by atoms with van der Waals surface area (Å²) in [6.07, 6.45) is 0. The molecule has 0 atom stereocenters. The van der Waals surface area contributed by atoms with E-state index in [0.29, 0.717) is 11.0 Å². The molecule has 2 N–H and O–H groups in total. The fourth-order valence-electron chi connectivity index (χ4n) is 0.678. The lowest BCUT2D eigenvalue weighted by Crippen LogP contribution is -2.17. The molecule has 0 aliphatic carbocycles. The fraction of sp³-hybridized carbons (Fsp3) is 0.333. The van der Waals surface area contributed by atoms with Gasteiger partial charge in [0.15, 0.2) is 5.82 Å². The van der Waals surface area contributed by atoms with Crippen LogP contribution >= 0.6 is 11.6 Å². The Balaban J connectivity index is 3.00. The van der Waals surface area contributed by atoms with Crippen LogP contribution < -0.4 is 10.8 Å². The highest BCUT2D eigenvalue weighted by atomic mass is 35.5. The number of nitrogens with zero attached hydrogens (tertiary/aromatic N) is 3. The molecule has 5 nitrogen and oxygen atoms in total. The Bertz CT molecular complexity index is 260. The van der Waals surface area contributed by atoms with Gasteiger partial charge in [0.05, 0.1) is 7.11 Å². The van der Waals surface area contributed by atoms with Crippen LogP contribution in [0, 0.1) is 0 Å². The maximum Gasteiger partial charge on any atom is 0.223 e. The Morgan fingerprint density at radius 3 is 2.75 bits per heavy atom. The predicted octanol–water partition coefficient (Wildman–Crippen LogP) is 0.710. The van der Waals surface area contributed by atoms with Crippen LogP contribution in [0.15, 0.2) is 6.07 Å². The number of hydrogen-bond donors (Lipinski definition) is 1. The molecule has 0 bridgehead atoms. The van der Waals surface area contributed by atoms with Crippen LogP contribution in [0.25, 0.3) is 0 Å². The Morgan fingerprint density at radius 2 is 2.25 bits per heavy atom. The molecule has 0 saturated carbocycles. The summed E-state index contributed by atoms with van der Waals surface area (Å²) < 4.78 is 0. The lowest BCUT2D eigenvalue weighted by molar-refractivity contribution is 0.182. The summed E-state index contributed by atoms with van der Waals surface area (Å²) in [6.45, 7) is 0. The van der Waals surface area contributed by atoms with Crippen LogP contribution in [0.4, 0.5) is 11.8 Å². The number of hydroxylamine groups is 1. The van der Waals surface area contributed by atoms with Gasteiger partial charge in [-0.1, -0.05) is 11.6 Å². The average molecular weight is 189 g/mol. The van der Waals surface area contributed by atoms with E-state index in [-0.39, 0.29) is 5.95 Å². The standard InChI is InChI=1S/C6H9ClN4O/c1-11(12-2)5-3-4(7)9-6(8)10-5/h3H,1-2H3,(H2,8,9,10). The minimum Gasteiger partial charge on any atom is -0.368 e. The molecule has 66 valence electrons. The molecule has 1 aromatic rings. The Morgan fingerprint density at radius 1 is 1.58 bits per heavy atom. The van der Waals surface area contributed by atoms with Crippen molar-refractivity contribution in [2.24, 2.45) is 0 Å². The molecule has 0 spiro atoms. The summed E-state index contributed by atoms with van der Waals surface area (Å²) in [5.74, 6) is 0.649. The molecule has 12 heavy (non-hydrogen) atoms. The van der Waals surface area contributed by atoms with Crippen LogP contribution in [-0.4, -0.2) is 24.1 Å². The van der Waals surface area contributed by atoms with E-state index in [1.165, 1.54) is 12.2 Å². The number of nitrogen functional groups attached to an aromatic ring is 1. The minimum absolute atomic E-state index is 0.126. The van der Waals surface area contributed by atoms with Gasteiger partial charge in [-0.15, -0.1) is 0 Å². The van der Waals surface area contributed by atoms with Crippen molar-refractivity contribution in [1.29, 1.82) is 0 Å². The molecule has 0 radical (unpaired) electrons. The third kappa shape index (κ3) is 1.96. The third-order valence-electron chi connectivity index (χ3n) is 1.30. The van der Waals surface area contributed by atoms with Crippen LogP contribution in [0.3, 0.4) is 0 Å². The maximum absolute atomic E-state index is 5.64. The summed E-state index contributed by atoms with van der Waals surface area (Å²) in [5.41, 5.74) is 5.36. The van der Waals surface area contributed by atoms with E-state index >= 15 is 0 Å². The van der Waals surface area contributed by atoms with E-state index in [9.17, 15) is 0 Å². The second kappa shape index (κ2) is 3.55. The Hall–Kier alpha value is -1.07. The summed E-state index contributed by atoms with van der Waals surface area (Å²) in [5, 5.41) is 1.73. The summed E-state index contributed by atoms with van der Waals surface area (Å²) in [7, 11) is 3.21. The lowest BCUT2D eigenvalue weighted by atomic mass is 10.6. The number of nitrogens with two attached hydrogens (primary N) is 1. The second-order valence-electron chi connectivity index (χ2n) is 2.09. The summed E-state index contributed by atoms with van der Waals surface area (Å²) >= 11 is 5.64. The monoisotopic (exact) mass is 188 g/mol. The highest BCUT2D eigenvalue weighted by Gasteiger charge is 2.04. The van der Waals surface area contributed by atoms with Crippen molar-refractivity contribution in [2.75, 3.05) is 25.0 Å². The Labute approximate surface area is 75.1 Å². The largest absolute Gasteiger partial charge is 0.368 e. The average Bonchev–Trinajstić information content (AvgIpc) is 2.01. The van der Waals surface area contributed by atoms with Crippen molar-refractivity contribution >= 4 is 23.4 Å². The molecule has 1 heterocycles. The van der Waals surface area contributed by atoms with Gasteiger partial charge in [0.2, 0.25) is 5.95 Å². The molecule has 0 unspecified atom stereocenters. The van der Waals surface area contributed by atoms with Crippen molar-refractivity contribution in [1.82, 2.24) is 9.97 Å². The number of aromatic nitrogens is 2. The number of halogens is 1. The van der Waals surface area contributed by atoms with Crippen molar-refractivity contribution in [2.45, 2.75) is 0 Å². The topological polar surface area (TPSA) is 64.3 Å².